The lowest BCUT2D eigenvalue weighted by Crippen LogP contribution is -2.43. The lowest BCUT2D eigenvalue weighted by Gasteiger charge is -2.30. The minimum absolute atomic E-state index is 0.338. The number of guanidine groups is 1. The molecule has 0 saturated heterocycles. The number of pyridine rings is 1. The molecule has 2 heterocycles. The molecule has 1 atom stereocenters. The van der Waals surface area contributed by atoms with Crippen molar-refractivity contribution in [2.24, 2.45) is 16.5 Å². The highest BCUT2D eigenvalue weighted by Gasteiger charge is 2.24. The molecule has 0 amide bonds. The average molecular weight is 288 g/mol. The Balaban J connectivity index is 2.13. The van der Waals surface area contributed by atoms with Crippen LogP contribution in [0.1, 0.15) is 11.7 Å². The maximum atomic E-state index is 6.19. The molecule has 102 valence electrons. The molecule has 0 fully saturated rings. The van der Waals surface area contributed by atoms with E-state index in [0.717, 1.165) is 16.8 Å². The molecule has 1 aromatic carbocycles. The van der Waals surface area contributed by atoms with Crippen LogP contribution in [0.2, 0.25) is 5.02 Å². The molecule has 5 nitrogen and oxygen atoms in total. The van der Waals surface area contributed by atoms with Gasteiger partial charge in [0.25, 0.3) is 0 Å². The van der Waals surface area contributed by atoms with Gasteiger partial charge in [0.2, 0.25) is 0 Å². The number of hydrogen-bond acceptors (Lipinski definition) is 5. The van der Waals surface area contributed by atoms with Crippen molar-refractivity contribution in [3.63, 3.8) is 0 Å². The van der Waals surface area contributed by atoms with Crippen LogP contribution in [0.5, 0.6) is 0 Å². The smallest absolute Gasteiger partial charge is 0.199 e. The largest absolute Gasteiger partial charge is 0.369 e. The Labute approximate surface area is 121 Å². The van der Waals surface area contributed by atoms with Gasteiger partial charge >= 0.3 is 0 Å². The van der Waals surface area contributed by atoms with Crippen molar-refractivity contribution in [1.82, 2.24) is 9.88 Å². The van der Waals surface area contributed by atoms with Gasteiger partial charge in [-0.05, 0) is 18.2 Å². The van der Waals surface area contributed by atoms with Gasteiger partial charge in [-0.25, -0.2) is 4.98 Å². The van der Waals surface area contributed by atoms with E-state index in [4.69, 9.17) is 23.1 Å². The van der Waals surface area contributed by atoms with Gasteiger partial charge in [0.1, 0.15) is 6.17 Å². The van der Waals surface area contributed by atoms with Crippen LogP contribution in [0.15, 0.2) is 41.4 Å². The molecule has 0 spiro atoms. The van der Waals surface area contributed by atoms with Gasteiger partial charge in [0.05, 0.1) is 5.69 Å². The molecule has 3 rings (SSSR count). The van der Waals surface area contributed by atoms with Crippen LogP contribution >= 0.6 is 11.6 Å². The summed E-state index contributed by atoms with van der Waals surface area (Å²) in [4.78, 5) is 10.5. The molecule has 1 aliphatic heterocycles. The van der Waals surface area contributed by atoms with E-state index < -0.39 is 0 Å². The summed E-state index contributed by atoms with van der Waals surface area (Å²) < 4.78 is 0. The maximum Gasteiger partial charge on any atom is 0.199 e. The molecule has 1 aliphatic rings. The number of benzene rings is 1. The molecule has 6 heteroatoms. The molecule has 0 saturated carbocycles. The van der Waals surface area contributed by atoms with E-state index >= 15 is 0 Å². The van der Waals surface area contributed by atoms with Crippen molar-refractivity contribution in [2.75, 3.05) is 7.05 Å². The predicted molar refractivity (Wildman–Crippen MR) is 80.7 cm³/mol. The Morgan fingerprint density at radius 2 is 1.95 bits per heavy atom. The van der Waals surface area contributed by atoms with Crippen molar-refractivity contribution < 1.29 is 0 Å². The van der Waals surface area contributed by atoms with E-state index in [2.05, 4.69) is 9.98 Å². The van der Waals surface area contributed by atoms with E-state index in [1.165, 1.54) is 0 Å². The topological polar surface area (TPSA) is 80.5 Å². The Morgan fingerprint density at radius 3 is 2.70 bits per heavy atom. The van der Waals surface area contributed by atoms with E-state index in [1.807, 2.05) is 36.4 Å². The van der Waals surface area contributed by atoms with E-state index in [9.17, 15) is 0 Å². The summed E-state index contributed by atoms with van der Waals surface area (Å²) in [6.45, 7) is 0. The number of fused-ring (bicyclic) bond motifs is 1. The highest BCUT2D eigenvalue weighted by Crippen LogP contribution is 2.33. The van der Waals surface area contributed by atoms with Crippen LogP contribution < -0.4 is 11.5 Å². The highest BCUT2D eigenvalue weighted by atomic mass is 35.5. The molecular weight excluding hydrogens is 274 g/mol. The summed E-state index contributed by atoms with van der Waals surface area (Å²) in [7, 11) is 1.80. The SMILES string of the molecule is CN1C(N)=Nc2nc(-c3ccccc3Cl)ccc2C1N. The zero-order chi connectivity index (χ0) is 14.3. The van der Waals surface area contributed by atoms with Crippen LogP contribution in [-0.4, -0.2) is 22.9 Å². The predicted octanol–water partition coefficient (Wildman–Crippen LogP) is 2.25. The second-order valence-electron chi connectivity index (χ2n) is 4.61. The van der Waals surface area contributed by atoms with Gasteiger partial charge in [-0.1, -0.05) is 29.8 Å². The number of halogens is 1. The van der Waals surface area contributed by atoms with Gasteiger partial charge in [-0.15, -0.1) is 0 Å². The number of aliphatic imine (C=N–C) groups is 1. The zero-order valence-corrected chi connectivity index (χ0v) is 11.7. The summed E-state index contributed by atoms with van der Waals surface area (Å²) in [6.07, 6.45) is -0.338. The van der Waals surface area contributed by atoms with Gasteiger partial charge in [0.15, 0.2) is 11.8 Å². The number of nitrogens with two attached hydrogens (primary N) is 2. The van der Waals surface area contributed by atoms with Crippen molar-refractivity contribution in [3.05, 3.63) is 47.0 Å². The second-order valence-corrected chi connectivity index (χ2v) is 5.02. The van der Waals surface area contributed by atoms with E-state index in [-0.39, 0.29) is 6.17 Å². The first-order valence-corrected chi connectivity index (χ1v) is 6.54. The minimum atomic E-state index is -0.338. The Kier molecular flexibility index (Phi) is 3.08. The number of nitrogens with zero attached hydrogens (tertiary/aromatic N) is 3. The molecule has 0 radical (unpaired) electrons. The quantitative estimate of drug-likeness (QED) is 0.843. The summed E-state index contributed by atoms with van der Waals surface area (Å²) >= 11 is 6.19. The first-order chi connectivity index (χ1) is 9.58. The third kappa shape index (κ3) is 2.01. The fraction of sp³-hybridized carbons (Fsp3) is 0.143. The molecule has 20 heavy (non-hydrogen) atoms. The van der Waals surface area contributed by atoms with Gasteiger partial charge in [-0.2, -0.15) is 4.99 Å². The zero-order valence-electron chi connectivity index (χ0n) is 10.9. The lowest BCUT2D eigenvalue weighted by atomic mass is 10.1. The van der Waals surface area contributed by atoms with E-state index in [0.29, 0.717) is 16.8 Å². The first kappa shape index (κ1) is 12.9. The molecular formula is C14H14ClN5. The second kappa shape index (κ2) is 4.77. The van der Waals surface area contributed by atoms with Crippen molar-refractivity contribution in [1.29, 1.82) is 0 Å². The lowest BCUT2D eigenvalue weighted by molar-refractivity contribution is 0.374. The van der Waals surface area contributed by atoms with Crippen LogP contribution in [-0.2, 0) is 0 Å². The van der Waals surface area contributed by atoms with Crippen molar-refractivity contribution >= 4 is 23.4 Å². The summed E-state index contributed by atoms with van der Waals surface area (Å²) in [6, 6.07) is 11.3. The minimum Gasteiger partial charge on any atom is -0.369 e. The number of rotatable bonds is 1. The molecule has 2 aromatic rings. The van der Waals surface area contributed by atoms with Crippen LogP contribution in [0.4, 0.5) is 5.82 Å². The Morgan fingerprint density at radius 1 is 1.20 bits per heavy atom. The van der Waals surface area contributed by atoms with Crippen LogP contribution in [0.3, 0.4) is 0 Å². The van der Waals surface area contributed by atoms with Crippen LogP contribution in [0, 0.1) is 0 Å². The van der Waals surface area contributed by atoms with Crippen LogP contribution in [0.25, 0.3) is 11.3 Å². The number of aromatic nitrogens is 1. The maximum absolute atomic E-state index is 6.19. The third-order valence-corrected chi connectivity index (χ3v) is 3.70. The van der Waals surface area contributed by atoms with Gasteiger partial charge in [0, 0.05) is 23.2 Å². The molecule has 0 aliphatic carbocycles. The molecule has 1 unspecified atom stereocenters. The highest BCUT2D eigenvalue weighted by molar-refractivity contribution is 6.33. The summed E-state index contributed by atoms with van der Waals surface area (Å²) in [5, 5.41) is 0.647. The molecule has 4 N–H and O–H groups in total. The average Bonchev–Trinajstić information content (AvgIpc) is 2.45. The fourth-order valence-electron chi connectivity index (χ4n) is 2.14. The third-order valence-electron chi connectivity index (χ3n) is 3.37. The Hall–Kier alpha value is -2.11. The summed E-state index contributed by atoms with van der Waals surface area (Å²) in [5.41, 5.74) is 14.4. The summed E-state index contributed by atoms with van der Waals surface area (Å²) in [5.74, 6) is 0.902. The normalized spacial score (nSPS) is 17.6. The van der Waals surface area contributed by atoms with Gasteiger partial charge < -0.3 is 16.4 Å². The Bertz CT molecular complexity index is 698. The molecule has 1 aromatic heterocycles. The van der Waals surface area contributed by atoms with Gasteiger partial charge in [-0.3, -0.25) is 0 Å². The molecule has 0 bridgehead atoms. The first-order valence-electron chi connectivity index (χ1n) is 6.16. The monoisotopic (exact) mass is 287 g/mol. The van der Waals surface area contributed by atoms with Crippen molar-refractivity contribution in [3.8, 4) is 11.3 Å². The van der Waals surface area contributed by atoms with E-state index in [1.54, 1.807) is 11.9 Å². The van der Waals surface area contributed by atoms with Crippen molar-refractivity contribution in [2.45, 2.75) is 6.17 Å². The standard InChI is InChI=1S/C14H14ClN5/c1-20-12(16)9-6-7-11(18-13(9)19-14(20)17)8-4-2-3-5-10(8)15/h2-7,12H,16H2,1H3,(H2,17,18,19). The fourth-order valence-corrected chi connectivity index (χ4v) is 2.37. The number of hydrogen-bond donors (Lipinski definition) is 2.